The summed E-state index contributed by atoms with van der Waals surface area (Å²) in [6.07, 6.45) is 2.81. The van der Waals surface area contributed by atoms with Gasteiger partial charge in [-0.05, 0) is 47.1 Å². The molecular weight excluding hydrogens is 242 g/mol. The van der Waals surface area contributed by atoms with Crippen LogP contribution in [0.4, 0.5) is 0 Å². The molecule has 0 saturated carbocycles. The van der Waals surface area contributed by atoms with Gasteiger partial charge in [-0.1, -0.05) is 6.42 Å². The van der Waals surface area contributed by atoms with Gasteiger partial charge in [-0.2, -0.15) is 0 Å². The standard InChI is InChI=1S/C14H27N3O2/c1-10(2)17(11(3)4)13(18)9-16-8-6-5-7-12(16)14(15)19/h10-12H,5-9H2,1-4H3,(H2,15,19). The molecule has 1 aliphatic heterocycles. The van der Waals surface area contributed by atoms with E-state index in [9.17, 15) is 9.59 Å². The van der Waals surface area contributed by atoms with Gasteiger partial charge in [0.15, 0.2) is 0 Å². The average molecular weight is 269 g/mol. The first-order valence-corrected chi connectivity index (χ1v) is 7.19. The molecule has 0 aliphatic carbocycles. The average Bonchev–Trinajstić information content (AvgIpc) is 2.27. The van der Waals surface area contributed by atoms with Gasteiger partial charge in [0.1, 0.15) is 0 Å². The van der Waals surface area contributed by atoms with E-state index < -0.39 is 0 Å². The molecule has 1 fully saturated rings. The van der Waals surface area contributed by atoms with Gasteiger partial charge in [-0.15, -0.1) is 0 Å². The van der Waals surface area contributed by atoms with Crippen LogP contribution in [0.5, 0.6) is 0 Å². The van der Waals surface area contributed by atoms with Crippen LogP contribution in [0.2, 0.25) is 0 Å². The summed E-state index contributed by atoms with van der Waals surface area (Å²) in [7, 11) is 0. The first-order chi connectivity index (χ1) is 8.84. The van der Waals surface area contributed by atoms with Gasteiger partial charge in [0.05, 0.1) is 12.6 Å². The second kappa shape index (κ2) is 6.89. The highest BCUT2D eigenvalue weighted by atomic mass is 16.2. The highest BCUT2D eigenvalue weighted by Gasteiger charge is 2.30. The Balaban J connectivity index is 2.70. The first-order valence-electron chi connectivity index (χ1n) is 7.19. The number of amides is 2. The smallest absolute Gasteiger partial charge is 0.237 e. The minimum Gasteiger partial charge on any atom is -0.368 e. The summed E-state index contributed by atoms with van der Waals surface area (Å²) in [5.41, 5.74) is 5.42. The normalized spacial score (nSPS) is 20.8. The number of piperidine rings is 1. The summed E-state index contributed by atoms with van der Waals surface area (Å²) in [6, 6.07) is 0.0625. The number of rotatable bonds is 5. The Morgan fingerprint density at radius 2 is 1.79 bits per heavy atom. The van der Waals surface area contributed by atoms with Crippen molar-refractivity contribution in [2.24, 2.45) is 5.73 Å². The van der Waals surface area contributed by atoms with Gasteiger partial charge < -0.3 is 10.6 Å². The number of hydrogen-bond acceptors (Lipinski definition) is 3. The third-order valence-corrected chi connectivity index (χ3v) is 3.68. The Morgan fingerprint density at radius 3 is 2.26 bits per heavy atom. The van der Waals surface area contributed by atoms with Crippen LogP contribution in [0.15, 0.2) is 0 Å². The largest absolute Gasteiger partial charge is 0.368 e. The van der Waals surface area contributed by atoms with Crippen LogP contribution in [0.3, 0.4) is 0 Å². The quantitative estimate of drug-likeness (QED) is 0.809. The maximum absolute atomic E-state index is 12.4. The van der Waals surface area contributed by atoms with Gasteiger partial charge in [-0.25, -0.2) is 0 Å². The van der Waals surface area contributed by atoms with E-state index in [0.29, 0.717) is 6.54 Å². The predicted molar refractivity (Wildman–Crippen MR) is 75.5 cm³/mol. The minimum absolute atomic E-state index is 0.0816. The van der Waals surface area contributed by atoms with Gasteiger partial charge in [0, 0.05) is 12.1 Å². The van der Waals surface area contributed by atoms with Gasteiger partial charge in [0.2, 0.25) is 11.8 Å². The Labute approximate surface area is 116 Å². The zero-order chi connectivity index (χ0) is 14.6. The Bertz CT molecular complexity index is 321. The number of hydrogen-bond donors (Lipinski definition) is 1. The lowest BCUT2D eigenvalue weighted by molar-refractivity contribution is -0.138. The van der Waals surface area contributed by atoms with Crippen molar-refractivity contribution in [3.05, 3.63) is 0 Å². The number of carbonyl (C=O) groups is 2. The molecule has 0 aromatic carbocycles. The number of nitrogens with two attached hydrogens (primary N) is 1. The van der Waals surface area contributed by atoms with Gasteiger partial charge in [0.25, 0.3) is 0 Å². The fraction of sp³-hybridized carbons (Fsp3) is 0.857. The lowest BCUT2D eigenvalue weighted by Crippen LogP contribution is -2.53. The number of likely N-dealkylation sites (tertiary alicyclic amines) is 1. The molecule has 0 bridgehead atoms. The number of primary amides is 1. The van der Waals surface area contributed by atoms with Crippen molar-refractivity contribution in [3.8, 4) is 0 Å². The molecule has 5 heteroatoms. The van der Waals surface area contributed by atoms with Crippen molar-refractivity contribution in [2.75, 3.05) is 13.1 Å². The third kappa shape index (κ3) is 4.20. The van der Waals surface area contributed by atoms with E-state index in [0.717, 1.165) is 25.8 Å². The molecule has 1 heterocycles. The molecule has 5 nitrogen and oxygen atoms in total. The molecule has 1 aliphatic rings. The van der Waals surface area contributed by atoms with E-state index in [1.807, 2.05) is 37.5 Å². The van der Waals surface area contributed by atoms with Crippen LogP contribution < -0.4 is 5.73 Å². The molecule has 110 valence electrons. The van der Waals surface area contributed by atoms with Crippen LogP contribution in [0.25, 0.3) is 0 Å². The van der Waals surface area contributed by atoms with Crippen molar-refractivity contribution < 1.29 is 9.59 Å². The monoisotopic (exact) mass is 269 g/mol. The van der Waals surface area contributed by atoms with E-state index >= 15 is 0 Å². The Hall–Kier alpha value is -1.10. The van der Waals surface area contributed by atoms with Crippen LogP contribution in [0, 0.1) is 0 Å². The molecule has 1 saturated heterocycles. The number of nitrogens with zero attached hydrogens (tertiary/aromatic N) is 2. The molecule has 0 spiro atoms. The fourth-order valence-corrected chi connectivity index (χ4v) is 2.93. The lowest BCUT2D eigenvalue weighted by atomic mass is 10.0. The zero-order valence-corrected chi connectivity index (χ0v) is 12.6. The fourth-order valence-electron chi connectivity index (χ4n) is 2.93. The number of carbonyl (C=O) groups excluding carboxylic acids is 2. The Kier molecular flexibility index (Phi) is 5.79. The molecule has 1 rings (SSSR count). The van der Waals surface area contributed by atoms with Gasteiger partial charge >= 0.3 is 0 Å². The van der Waals surface area contributed by atoms with Crippen molar-refractivity contribution in [1.29, 1.82) is 0 Å². The topological polar surface area (TPSA) is 66.6 Å². The molecule has 1 unspecified atom stereocenters. The van der Waals surface area contributed by atoms with Crippen molar-refractivity contribution in [3.63, 3.8) is 0 Å². The second-order valence-electron chi connectivity index (χ2n) is 5.87. The minimum atomic E-state index is -0.312. The van der Waals surface area contributed by atoms with E-state index in [4.69, 9.17) is 5.73 Å². The maximum atomic E-state index is 12.4. The second-order valence-corrected chi connectivity index (χ2v) is 5.87. The highest BCUT2D eigenvalue weighted by Crippen LogP contribution is 2.17. The van der Waals surface area contributed by atoms with E-state index in [-0.39, 0.29) is 29.9 Å². The third-order valence-electron chi connectivity index (χ3n) is 3.68. The molecule has 19 heavy (non-hydrogen) atoms. The highest BCUT2D eigenvalue weighted by molar-refractivity contribution is 5.82. The van der Waals surface area contributed by atoms with Crippen molar-refractivity contribution in [1.82, 2.24) is 9.80 Å². The lowest BCUT2D eigenvalue weighted by Gasteiger charge is -2.37. The molecule has 0 aromatic heterocycles. The van der Waals surface area contributed by atoms with Crippen molar-refractivity contribution >= 4 is 11.8 Å². The summed E-state index contributed by atoms with van der Waals surface area (Å²) in [5, 5.41) is 0. The summed E-state index contributed by atoms with van der Waals surface area (Å²) in [6.45, 7) is 9.13. The zero-order valence-electron chi connectivity index (χ0n) is 12.6. The predicted octanol–water partition coefficient (Wildman–Crippen LogP) is 0.972. The molecule has 1 atom stereocenters. The van der Waals surface area contributed by atoms with E-state index in [1.165, 1.54) is 0 Å². The van der Waals surface area contributed by atoms with Crippen LogP contribution in [-0.4, -0.2) is 52.8 Å². The molecular formula is C14H27N3O2. The summed E-state index contributed by atoms with van der Waals surface area (Å²) in [4.78, 5) is 27.6. The summed E-state index contributed by atoms with van der Waals surface area (Å²) in [5.74, 6) is -0.230. The summed E-state index contributed by atoms with van der Waals surface area (Å²) >= 11 is 0. The summed E-state index contributed by atoms with van der Waals surface area (Å²) < 4.78 is 0. The van der Waals surface area contributed by atoms with Crippen LogP contribution >= 0.6 is 0 Å². The first kappa shape index (κ1) is 16.0. The van der Waals surface area contributed by atoms with E-state index in [1.54, 1.807) is 0 Å². The van der Waals surface area contributed by atoms with E-state index in [2.05, 4.69) is 0 Å². The molecule has 0 aromatic rings. The maximum Gasteiger partial charge on any atom is 0.237 e. The van der Waals surface area contributed by atoms with Crippen LogP contribution in [-0.2, 0) is 9.59 Å². The van der Waals surface area contributed by atoms with Gasteiger partial charge in [-0.3, -0.25) is 14.5 Å². The molecule has 2 N–H and O–H groups in total. The Morgan fingerprint density at radius 1 is 1.21 bits per heavy atom. The SMILES string of the molecule is CC(C)N(C(=O)CN1CCCCC1C(N)=O)C(C)C. The molecule has 0 radical (unpaired) electrons. The van der Waals surface area contributed by atoms with Crippen molar-refractivity contribution in [2.45, 2.75) is 65.1 Å². The molecule has 2 amide bonds. The van der Waals surface area contributed by atoms with Crippen LogP contribution in [0.1, 0.15) is 47.0 Å².